The molecule has 2 aromatic rings. The Labute approximate surface area is 204 Å². The first-order valence-electron chi connectivity index (χ1n) is 11.8. The summed E-state index contributed by atoms with van der Waals surface area (Å²) in [4.78, 5) is 43.6. The number of amides is 3. The van der Waals surface area contributed by atoms with E-state index in [0.29, 0.717) is 24.5 Å². The molecule has 1 aliphatic carbocycles. The topological polar surface area (TPSA) is 127 Å². The van der Waals surface area contributed by atoms with Crippen LogP contribution in [-0.2, 0) is 9.59 Å². The first kappa shape index (κ1) is 25.9. The van der Waals surface area contributed by atoms with Crippen molar-refractivity contribution in [2.24, 2.45) is 5.92 Å². The summed E-state index contributed by atoms with van der Waals surface area (Å²) in [5.41, 5.74) is -0.941. The zero-order valence-electron chi connectivity index (χ0n) is 20.2. The van der Waals surface area contributed by atoms with E-state index in [9.17, 15) is 14.4 Å². The van der Waals surface area contributed by atoms with Gasteiger partial charge in [-0.2, -0.15) is 0 Å². The highest BCUT2D eigenvalue weighted by atomic mass is 32.2. The summed E-state index contributed by atoms with van der Waals surface area (Å²) < 4.78 is 5.74. The number of thioether (sulfide) groups is 1. The van der Waals surface area contributed by atoms with Gasteiger partial charge in [0.15, 0.2) is 0 Å². The van der Waals surface area contributed by atoms with E-state index < -0.39 is 29.2 Å². The van der Waals surface area contributed by atoms with Crippen LogP contribution in [0.1, 0.15) is 88.5 Å². The van der Waals surface area contributed by atoms with Gasteiger partial charge in [-0.1, -0.05) is 64.8 Å². The molecule has 0 aromatic carbocycles. The predicted molar refractivity (Wildman–Crippen MR) is 128 cm³/mol. The summed E-state index contributed by atoms with van der Waals surface area (Å²) in [6.45, 7) is 7.98. The minimum Gasteiger partial charge on any atom is -0.415 e. The lowest BCUT2D eigenvalue weighted by atomic mass is 9.80. The van der Waals surface area contributed by atoms with Gasteiger partial charge in [-0.25, -0.2) is 0 Å². The van der Waals surface area contributed by atoms with Gasteiger partial charge in [0, 0.05) is 11.4 Å². The van der Waals surface area contributed by atoms with E-state index in [1.54, 1.807) is 18.2 Å². The number of nitrogens with zero attached hydrogens (tertiary/aromatic N) is 3. The third-order valence-electron chi connectivity index (χ3n) is 5.71. The Morgan fingerprint density at radius 3 is 2.44 bits per heavy atom. The molecule has 2 N–H and O–H groups in total. The summed E-state index contributed by atoms with van der Waals surface area (Å²) in [6, 6.07) is 5.03. The number of pyridine rings is 1. The van der Waals surface area contributed by atoms with Crippen LogP contribution in [0, 0.1) is 5.92 Å². The van der Waals surface area contributed by atoms with Gasteiger partial charge in [0.05, 0.1) is 0 Å². The summed E-state index contributed by atoms with van der Waals surface area (Å²) >= 11 is 1.42. The number of carbonyl (C=O) groups excluding carboxylic acids is 3. The lowest BCUT2D eigenvalue weighted by Crippen LogP contribution is -2.61. The van der Waals surface area contributed by atoms with Crippen molar-refractivity contribution in [3.05, 3.63) is 36.0 Å². The first-order chi connectivity index (χ1) is 16.2. The third-order valence-corrected chi connectivity index (χ3v) is 6.55. The normalized spacial score (nSPS) is 16.3. The smallest absolute Gasteiger partial charge is 0.276 e. The Hall–Kier alpha value is -2.75. The average Bonchev–Trinajstić information content (AvgIpc) is 3.25. The van der Waals surface area contributed by atoms with Gasteiger partial charge in [-0.15, -0.1) is 10.2 Å². The standard InChI is InChI=1S/C24H33N5O4S/c1-15(2)14-17(21-28-29-23(33-21)34-16(3)4)19(30)26-22(32)24(11-7-5-8-12-24)27-20(31)18-10-6-9-13-25-18/h6,9-10,13,15-17H,5,7-8,11-12,14H2,1-4H3,(H,27,31)(H,26,30,32)/t17-/m1/s1. The van der Waals surface area contributed by atoms with Gasteiger partial charge in [-0.05, 0) is 37.3 Å². The van der Waals surface area contributed by atoms with Gasteiger partial charge in [-0.3, -0.25) is 24.7 Å². The highest BCUT2D eigenvalue weighted by Crippen LogP contribution is 2.31. The Bertz CT molecular complexity index is 986. The lowest BCUT2D eigenvalue weighted by molar-refractivity contribution is -0.136. The highest BCUT2D eigenvalue weighted by molar-refractivity contribution is 7.99. The summed E-state index contributed by atoms with van der Waals surface area (Å²) in [6.07, 6.45) is 5.40. The SMILES string of the molecule is CC(C)C[C@H](C(=O)NC(=O)C1(NC(=O)c2ccccn2)CCCCC1)c1nnc(SC(C)C)o1. The van der Waals surface area contributed by atoms with Crippen molar-refractivity contribution in [1.82, 2.24) is 25.8 Å². The van der Waals surface area contributed by atoms with Crippen LogP contribution in [0.4, 0.5) is 0 Å². The van der Waals surface area contributed by atoms with Crippen LogP contribution in [-0.4, -0.2) is 43.7 Å². The minimum absolute atomic E-state index is 0.159. The largest absolute Gasteiger partial charge is 0.415 e. The molecule has 3 amide bonds. The molecule has 0 spiro atoms. The van der Waals surface area contributed by atoms with Gasteiger partial charge in [0.2, 0.25) is 11.8 Å². The molecule has 1 saturated carbocycles. The summed E-state index contributed by atoms with van der Waals surface area (Å²) in [5.74, 6) is -1.85. The zero-order valence-corrected chi connectivity index (χ0v) is 21.0. The van der Waals surface area contributed by atoms with Crippen molar-refractivity contribution in [2.45, 2.75) is 88.1 Å². The van der Waals surface area contributed by atoms with E-state index in [-0.39, 0.29) is 22.8 Å². The Balaban J connectivity index is 1.78. The molecule has 0 radical (unpaired) electrons. The van der Waals surface area contributed by atoms with Crippen LogP contribution in [0.15, 0.2) is 34.0 Å². The number of hydrogen-bond acceptors (Lipinski definition) is 8. The van der Waals surface area contributed by atoms with E-state index >= 15 is 0 Å². The van der Waals surface area contributed by atoms with E-state index in [1.165, 1.54) is 18.0 Å². The van der Waals surface area contributed by atoms with Gasteiger partial charge < -0.3 is 9.73 Å². The fraction of sp³-hybridized carbons (Fsp3) is 0.583. The van der Waals surface area contributed by atoms with Gasteiger partial charge in [0.25, 0.3) is 17.0 Å². The number of rotatable bonds is 9. The number of aromatic nitrogens is 3. The molecule has 1 aliphatic rings. The van der Waals surface area contributed by atoms with Crippen molar-refractivity contribution in [3.8, 4) is 0 Å². The highest BCUT2D eigenvalue weighted by Gasteiger charge is 2.43. The molecule has 0 saturated heterocycles. The molecule has 2 heterocycles. The maximum atomic E-state index is 13.4. The summed E-state index contributed by atoms with van der Waals surface area (Å²) in [5, 5.41) is 14.2. The monoisotopic (exact) mass is 487 g/mol. The fourth-order valence-corrected chi connectivity index (χ4v) is 4.69. The Morgan fingerprint density at radius 1 is 1.09 bits per heavy atom. The first-order valence-corrected chi connectivity index (χ1v) is 12.7. The molecule has 34 heavy (non-hydrogen) atoms. The maximum Gasteiger partial charge on any atom is 0.276 e. The zero-order chi connectivity index (χ0) is 24.7. The molecule has 0 unspecified atom stereocenters. The van der Waals surface area contributed by atoms with E-state index in [4.69, 9.17) is 4.42 Å². The van der Waals surface area contributed by atoms with Crippen LogP contribution < -0.4 is 10.6 Å². The van der Waals surface area contributed by atoms with E-state index in [1.807, 2.05) is 27.7 Å². The molecule has 3 rings (SSSR count). The summed E-state index contributed by atoms with van der Waals surface area (Å²) in [7, 11) is 0. The molecule has 0 aliphatic heterocycles. The van der Waals surface area contributed by atoms with Crippen LogP contribution in [0.2, 0.25) is 0 Å². The molecule has 9 nitrogen and oxygen atoms in total. The van der Waals surface area contributed by atoms with Gasteiger partial charge in [0.1, 0.15) is 17.2 Å². The van der Waals surface area contributed by atoms with E-state index in [2.05, 4.69) is 25.8 Å². The van der Waals surface area contributed by atoms with Crippen LogP contribution >= 0.6 is 11.8 Å². The number of hydrogen-bond donors (Lipinski definition) is 2. The van der Waals surface area contributed by atoms with Crippen molar-refractivity contribution in [3.63, 3.8) is 0 Å². The molecule has 184 valence electrons. The number of nitrogens with one attached hydrogen (secondary N) is 2. The molecular weight excluding hydrogens is 454 g/mol. The average molecular weight is 488 g/mol. The maximum absolute atomic E-state index is 13.4. The third kappa shape index (κ3) is 6.65. The Kier molecular flexibility index (Phi) is 8.82. The van der Waals surface area contributed by atoms with Crippen LogP contribution in [0.5, 0.6) is 0 Å². The van der Waals surface area contributed by atoms with Crippen molar-refractivity contribution >= 4 is 29.5 Å². The van der Waals surface area contributed by atoms with E-state index in [0.717, 1.165) is 19.3 Å². The second-order valence-electron chi connectivity index (χ2n) is 9.39. The molecule has 1 atom stereocenters. The lowest BCUT2D eigenvalue weighted by Gasteiger charge is -2.36. The Morgan fingerprint density at radius 2 is 1.82 bits per heavy atom. The van der Waals surface area contributed by atoms with Crippen LogP contribution in [0.25, 0.3) is 0 Å². The molecule has 10 heteroatoms. The second kappa shape index (κ2) is 11.6. The predicted octanol–water partition coefficient (Wildman–Crippen LogP) is 3.87. The second-order valence-corrected chi connectivity index (χ2v) is 10.9. The fourth-order valence-electron chi connectivity index (χ4n) is 4.06. The van der Waals surface area contributed by atoms with Crippen molar-refractivity contribution in [2.75, 3.05) is 0 Å². The molecule has 0 bridgehead atoms. The minimum atomic E-state index is -1.17. The number of carbonyl (C=O) groups is 3. The van der Waals surface area contributed by atoms with Crippen LogP contribution in [0.3, 0.4) is 0 Å². The molecule has 2 aromatic heterocycles. The molecule has 1 fully saturated rings. The quantitative estimate of drug-likeness (QED) is 0.510. The van der Waals surface area contributed by atoms with Crippen molar-refractivity contribution < 1.29 is 18.8 Å². The van der Waals surface area contributed by atoms with Crippen molar-refractivity contribution in [1.29, 1.82) is 0 Å². The molecular formula is C24H33N5O4S. The number of imide groups is 1. The van der Waals surface area contributed by atoms with Gasteiger partial charge >= 0.3 is 0 Å².